The molecule has 0 saturated heterocycles. The van der Waals surface area contributed by atoms with Crippen LogP contribution in [0.1, 0.15) is 19.4 Å². The summed E-state index contributed by atoms with van der Waals surface area (Å²) < 4.78 is 5.33. The number of benzene rings is 1. The van der Waals surface area contributed by atoms with Crippen LogP contribution in [0.5, 0.6) is 0 Å². The van der Waals surface area contributed by atoms with Crippen molar-refractivity contribution >= 4 is 5.97 Å². The monoisotopic (exact) mass is 230 g/mol. The molecular weight excluding hydrogens is 212 g/mol. The van der Waals surface area contributed by atoms with E-state index < -0.39 is 0 Å². The Balaban J connectivity index is 1.89. The van der Waals surface area contributed by atoms with E-state index in [1.54, 1.807) is 0 Å². The van der Waals surface area contributed by atoms with E-state index in [-0.39, 0.29) is 23.2 Å². The number of carbonyl (C=O) groups is 1. The first-order valence-corrected chi connectivity index (χ1v) is 5.90. The van der Waals surface area contributed by atoms with E-state index in [1.807, 2.05) is 36.4 Å². The zero-order valence-electron chi connectivity index (χ0n) is 10.3. The lowest BCUT2D eigenvalue weighted by atomic mass is 10.1. The van der Waals surface area contributed by atoms with Gasteiger partial charge in [-0.25, -0.2) is 0 Å². The smallest absolute Gasteiger partial charge is 0.310 e. The van der Waals surface area contributed by atoms with Crippen LogP contribution in [0.3, 0.4) is 0 Å². The minimum absolute atomic E-state index is 0.00945. The Hall–Kier alpha value is -1.57. The maximum absolute atomic E-state index is 11.9. The lowest BCUT2D eigenvalue weighted by molar-refractivity contribution is -0.147. The molecule has 2 heteroatoms. The van der Waals surface area contributed by atoms with Gasteiger partial charge in [0.1, 0.15) is 6.61 Å². The number of carbonyl (C=O) groups excluding carboxylic acids is 1. The molecule has 1 aromatic rings. The van der Waals surface area contributed by atoms with E-state index in [4.69, 9.17) is 4.74 Å². The van der Waals surface area contributed by atoms with Gasteiger partial charge in [0, 0.05) is 0 Å². The van der Waals surface area contributed by atoms with E-state index in [1.165, 1.54) is 0 Å². The molecule has 1 aliphatic rings. The van der Waals surface area contributed by atoms with E-state index in [0.717, 1.165) is 5.56 Å². The molecule has 0 heterocycles. The van der Waals surface area contributed by atoms with Gasteiger partial charge < -0.3 is 4.74 Å². The van der Waals surface area contributed by atoms with Gasteiger partial charge in [-0.15, -0.1) is 6.58 Å². The van der Waals surface area contributed by atoms with Gasteiger partial charge in [-0.2, -0.15) is 0 Å². The number of rotatable bonds is 4. The van der Waals surface area contributed by atoms with Crippen molar-refractivity contribution < 1.29 is 9.53 Å². The Bertz CT molecular complexity index is 420. The van der Waals surface area contributed by atoms with Gasteiger partial charge in [0.05, 0.1) is 5.92 Å². The van der Waals surface area contributed by atoms with E-state index in [2.05, 4.69) is 20.4 Å². The maximum atomic E-state index is 11.9. The average molecular weight is 230 g/mol. The Labute approximate surface area is 102 Å². The minimum atomic E-state index is -0.108. The summed E-state index contributed by atoms with van der Waals surface area (Å²) in [7, 11) is 0. The molecule has 0 N–H and O–H groups in total. The maximum Gasteiger partial charge on any atom is 0.310 e. The number of esters is 1. The third-order valence-corrected chi connectivity index (χ3v) is 3.64. The zero-order valence-corrected chi connectivity index (χ0v) is 10.3. The summed E-state index contributed by atoms with van der Waals surface area (Å²) in [6.45, 7) is 8.27. The van der Waals surface area contributed by atoms with Crippen molar-refractivity contribution in [2.24, 2.45) is 17.3 Å². The summed E-state index contributed by atoms with van der Waals surface area (Å²) in [5.74, 6) is 0.123. The summed E-state index contributed by atoms with van der Waals surface area (Å²) >= 11 is 0. The van der Waals surface area contributed by atoms with Crippen LogP contribution in [0.4, 0.5) is 0 Å². The fourth-order valence-electron chi connectivity index (χ4n) is 2.39. The van der Waals surface area contributed by atoms with Crippen LogP contribution in [-0.2, 0) is 16.1 Å². The van der Waals surface area contributed by atoms with Crippen molar-refractivity contribution in [1.82, 2.24) is 0 Å². The summed E-state index contributed by atoms with van der Waals surface area (Å²) in [4.78, 5) is 11.9. The predicted octanol–water partition coefficient (Wildman–Crippen LogP) is 3.19. The molecule has 2 nitrogen and oxygen atoms in total. The molecule has 2 atom stereocenters. The molecule has 0 spiro atoms. The van der Waals surface area contributed by atoms with Crippen molar-refractivity contribution in [2.45, 2.75) is 20.5 Å². The fraction of sp³-hybridized carbons (Fsp3) is 0.400. The lowest BCUT2D eigenvalue weighted by Crippen LogP contribution is -2.10. The third kappa shape index (κ3) is 2.26. The molecule has 1 saturated carbocycles. The Morgan fingerprint density at radius 3 is 2.59 bits per heavy atom. The molecule has 0 aromatic heterocycles. The first kappa shape index (κ1) is 11.9. The van der Waals surface area contributed by atoms with Gasteiger partial charge in [0.2, 0.25) is 0 Å². The Morgan fingerprint density at radius 1 is 1.41 bits per heavy atom. The first-order valence-electron chi connectivity index (χ1n) is 5.90. The second kappa shape index (κ2) is 4.36. The average Bonchev–Trinajstić information content (AvgIpc) is 2.89. The lowest BCUT2D eigenvalue weighted by Gasteiger charge is -2.05. The van der Waals surface area contributed by atoms with Crippen molar-refractivity contribution in [3.8, 4) is 0 Å². The molecule has 1 aliphatic carbocycles. The highest BCUT2D eigenvalue weighted by atomic mass is 16.5. The Morgan fingerprint density at radius 2 is 2.06 bits per heavy atom. The van der Waals surface area contributed by atoms with Crippen LogP contribution in [-0.4, -0.2) is 5.97 Å². The summed E-state index contributed by atoms with van der Waals surface area (Å²) in [6.07, 6.45) is 1.86. The molecule has 17 heavy (non-hydrogen) atoms. The molecule has 1 aromatic carbocycles. The Kier molecular flexibility index (Phi) is 3.05. The van der Waals surface area contributed by atoms with Gasteiger partial charge >= 0.3 is 5.97 Å². The zero-order chi connectivity index (χ0) is 12.5. The van der Waals surface area contributed by atoms with Crippen LogP contribution >= 0.6 is 0 Å². The third-order valence-electron chi connectivity index (χ3n) is 3.64. The van der Waals surface area contributed by atoms with Gasteiger partial charge in [-0.05, 0) is 16.9 Å². The highest BCUT2D eigenvalue weighted by Gasteiger charge is 2.61. The van der Waals surface area contributed by atoms with E-state index in [0.29, 0.717) is 6.61 Å². The van der Waals surface area contributed by atoms with E-state index in [9.17, 15) is 4.79 Å². The van der Waals surface area contributed by atoms with Crippen LogP contribution in [0.15, 0.2) is 43.0 Å². The largest absolute Gasteiger partial charge is 0.461 e. The molecule has 2 rings (SSSR count). The number of allylic oxidation sites excluding steroid dienone is 1. The van der Waals surface area contributed by atoms with Crippen molar-refractivity contribution in [3.05, 3.63) is 48.6 Å². The van der Waals surface area contributed by atoms with Gasteiger partial charge in [-0.1, -0.05) is 50.3 Å². The van der Waals surface area contributed by atoms with Crippen molar-refractivity contribution in [3.63, 3.8) is 0 Å². The van der Waals surface area contributed by atoms with E-state index >= 15 is 0 Å². The van der Waals surface area contributed by atoms with Crippen molar-refractivity contribution in [1.29, 1.82) is 0 Å². The molecule has 0 amide bonds. The molecule has 90 valence electrons. The van der Waals surface area contributed by atoms with Gasteiger partial charge in [-0.3, -0.25) is 4.79 Å². The minimum Gasteiger partial charge on any atom is -0.461 e. The van der Waals surface area contributed by atoms with Gasteiger partial charge in [0.25, 0.3) is 0 Å². The molecule has 0 bridgehead atoms. The quantitative estimate of drug-likeness (QED) is 0.586. The van der Waals surface area contributed by atoms with Gasteiger partial charge in [0.15, 0.2) is 0 Å². The highest BCUT2D eigenvalue weighted by molar-refractivity contribution is 5.78. The topological polar surface area (TPSA) is 26.3 Å². The highest BCUT2D eigenvalue weighted by Crippen LogP contribution is 2.59. The normalized spacial score (nSPS) is 25.1. The fourth-order valence-corrected chi connectivity index (χ4v) is 2.39. The summed E-state index contributed by atoms with van der Waals surface area (Å²) in [6, 6.07) is 9.74. The molecule has 0 aliphatic heterocycles. The van der Waals surface area contributed by atoms with Crippen LogP contribution in [0.25, 0.3) is 0 Å². The SMILES string of the molecule is C=C[C@@H]1[C@@H](C(=O)OCc2ccccc2)C1(C)C. The van der Waals surface area contributed by atoms with Crippen LogP contribution in [0.2, 0.25) is 0 Å². The summed E-state index contributed by atoms with van der Waals surface area (Å²) in [5, 5.41) is 0. The number of hydrogen-bond acceptors (Lipinski definition) is 2. The molecular formula is C15H18O2. The summed E-state index contributed by atoms with van der Waals surface area (Å²) in [5.41, 5.74) is 1.03. The molecule has 0 unspecified atom stereocenters. The molecule has 1 fully saturated rings. The number of hydrogen-bond donors (Lipinski definition) is 0. The second-order valence-electron chi connectivity index (χ2n) is 5.15. The number of ether oxygens (including phenoxy) is 1. The second-order valence-corrected chi connectivity index (χ2v) is 5.15. The standard InChI is InChI=1S/C15H18O2/c1-4-12-13(15(12,2)3)14(16)17-10-11-8-6-5-7-9-11/h4-9,12-13H,1,10H2,2-3H3/t12-,13+/m1/s1. The predicted molar refractivity (Wildman–Crippen MR) is 67.2 cm³/mol. The van der Waals surface area contributed by atoms with Crippen molar-refractivity contribution in [2.75, 3.05) is 0 Å². The van der Waals surface area contributed by atoms with Crippen LogP contribution < -0.4 is 0 Å². The van der Waals surface area contributed by atoms with Crippen LogP contribution in [0, 0.1) is 17.3 Å². The first-order chi connectivity index (χ1) is 8.07. The molecule has 0 radical (unpaired) electrons.